The zero-order valence-electron chi connectivity index (χ0n) is 20.9. The summed E-state index contributed by atoms with van der Waals surface area (Å²) in [6.45, 7) is 6.54. The van der Waals surface area contributed by atoms with Crippen molar-refractivity contribution in [1.82, 2.24) is 9.13 Å². The van der Waals surface area contributed by atoms with E-state index >= 15 is 0 Å². The molecule has 2 saturated heterocycles. The number of imidazole rings is 1. The molecular formula is C25H33ClN2O11. The first-order chi connectivity index (χ1) is 18.6. The highest BCUT2D eigenvalue weighted by Crippen LogP contribution is 2.28. The Bertz CT molecular complexity index is 1220. The van der Waals surface area contributed by atoms with E-state index in [0.29, 0.717) is 16.1 Å². The lowest BCUT2D eigenvalue weighted by Crippen LogP contribution is -2.60. The summed E-state index contributed by atoms with van der Waals surface area (Å²) in [6, 6.07) is 4.66. The van der Waals surface area contributed by atoms with Gasteiger partial charge in [-0.2, -0.15) is 0 Å². The number of halogens is 1. The van der Waals surface area contributed by atoms with Gasteiger partial charge in [-0.15, -0.1) is 13.2 Å². The Morgan fingerprint density at radius 2 is 1.26 bits per heavy atom. The largest absolute Gasteiger partial charge is 0.388 e. The molecule has 2 aromatic rings. The molecule has 1 aromatic carbocycles. The summed E-state index contributed by atoms with van der Waals surface area (Å²) in [5, 5.41) is 62.9. The second-order valence-electron chi connectivity index (χ2n) is 9.40. The van der Waals surface area contributed by atoms with Gasteiger partial charge in [-0.3, -0.25) is 9.13 Å². The first-order valence-corrected chi connectivity index (χ1v) is 12.7. The SMILES string of the molecule is C=CCO[C@H]1[C@H](O)[C@@H](Cn2c(=O)n(C[C@H]3OC(O)[C@H](O)[C@@H](OCC=C)[C@@H]3O)c3cc(Cl)ccc32)OC(O)[C@@H]1O. The average Bonchev–Trinajstić information content (AvgIpc) is 3.15. The van der Waals surface area contributed by atoms with Crippen molar-refractivity contribution >= 4 is 22.6 Å². The van der Waals surface area contributed by atoms with E-state index in [0.717, 1.165) is 0 Å². The molecule has 216 valence electrons. The van der Waals surface area contributed by atoms with E-state index in [1.165, 1.54) is 27.4 Å². The van der Waals surface area contributed by atoms with Crippen LogP contribution < -0.4 is 5.69 Å². The molecule has 3 heterocycles. The minimum Gasteiger partial charge on any atom is -0.388 e. The number of aromatic nitrogens is 2. The predicted octanol–water partition coefficient (Wildman–Crippen LogP) is -1.52. The van der Waals surface area contributed by atoms with Crippen LogP contribution in [0.4, 0.5) is 0 Å². The Kier molecular flexibility index (Phi) is 9.62. The van der Waals surface area contributed by atoms with Crippen molar-refractivity contribution in [1.29, 1.82) is 0 Å². The Balaban J connectivity index is 1.66. The minimum absolute atomic E-state index is 0.00223. The van der Waals surface area contributed by atoms with Gasteiger partial charge >= 0.3 is 5.69 Å². The van der Waals surface area contributed by atoms with E-state index in [2.05, 4.69) is 13.2 Å². The fraction of sp³-hybridized carbons (Fsp3) is 0.560. The predicted molar refractivity (Wildman–Crippen MR) is 137 cm³/mol. The molecule has 0 aliphatic carbocycles. The van der Waals surface area contributed by atoms with E-state index in [4.69, 9.17) is 30.5 Å². The van der Waals surface area contributed by atoms with Gasteiger partial charge in [0.25, 0.3) is 0 Å². The monoisotopic (exact) mass is 572 g/mol. The van der Waals surface area contributed by atoms with Crippen molar-refractivity contribution in [2.45, 2.75) is 74.5 Å². The number of ether oxygens (including phenoxy) is 4. The maximum Gasteiger partial charge on any atom is 0.329 e. The van der Waals surface area contributed by atoms with Crippen LogP contribution in [0, 0.1) is 0 Å². The fourth-order valence-corrected chi connectivity index (χ4v) is 5.06. The van der Waals surface area contributed by atoms with Crippen LogP contribution in [0.5, 0.6) is 0 Å². The molecule has 0 spiro atoms. The third-order valence-electron chi connectivity index (χ3n) is 6.84. The summed E-state index contributed by atoms with van der Waals surface area (Å²) in [5.41, 5.74) is 0.125. The topological polar surface area (TPSA) is 185 Å². The molecule has 2 fully saturated rings. The number of nitrogens with zero attached hydrogens (tertiary/aromatic N) is 2. The van der Waals surface area contributed by atoms with Gasteiger partial charge in [0.05, 0.1) is 37.3 Å². The standard InChI is InChI=1S/C25H33ClN2O11/c1-3-7-36-21-17(29)15(38-23(33)19(21)31)10-27-13-6-5-12(26)9-14(13)28(25(27)35)11-16-18(30)22(37-8-4-2)20(32)24(34)39-16/h3-6,9,15-24,29-34H,1-2,7-8,10-11H2/t15-,16-,17-,18-,19-,20-,21+,22+,23?,24?/m1/s1. The molecule has 6 N–H and O–H groups in total. The molecule has 0 radical (unpaired) electrons. The smallest absolute Gasteiger partial charge is 0.329 e. The Hall–Kier alpha value is -2.14. The Labute approximate surface area is 228 Å². The molecule has 2 aliphatic heterocycles. The highest BCUT2D eigenvalue weighted by Gasteiger charge is 2.46. The van der Waals surface area contributed by atoms with Gasteiger partial charge in [0.1, 0.15) is 48.8 Å². The van der Waals surface area contributed by atoms with Crippen molar-refractivity contribution in [3.63, 3.8) is 0 Å². The molecule has 10 atom stereocenters. The fourth-order valence-electron chi connectivity index (χ4n) is 4.89. The van der Waals surface area contributed by atoms with Crippen LogP contribution in [0.15, 0.2) is 48.3 Å². The van der Waals surface area contributed by atoms with Crippen LogP contribution in [-0.4, -0.2) is 114 Å². The summed E-state index contributed by atoms with van der Waals surface area (Å²) < 4.78 is 24.2. The van der Waals surface area contributed by atoms with E-state index in [-0.39, 0.29) is 26.3 Å². The molecule has 14 heteroatoms. The van der Waals surface area contributed by atoms with Crippen LogP contribution >= 0.6 is 11.6 Å². The summed E-state index contributed by atoms with van der Waals surface area (Å²) >= 11 is 6.21. The van der Waals surface area contributed by atoms with Crippen LogP contribution in [0.1, 0.15) is 0 Å². The molecule has 1 aromatic heterocycles. The van der Waals surface area contributed by atoms with Gasteiger partial charge in [-0.05, 0) is 18.2 Å². The lowest BCUT2D eigenvalue weighted by molar-refractivity contribution is -0.290. The molecular weight excluding hydrogens is 540 g/mol. The number of benzene rings is 1. The van der Waals surface area contributed by atoms with Crippen molar-refractivity contribution in [3.05, 3.63) is 59.0 Å². The van der Waals surface area contributed by atoms with Gasteiger partial charge < -0.3 is 49.6 Å². The quantitative estimate of drug-likeness (QED) is 0.182. The van der Waals surface area contributed by atoms with E-state index in [9.17, 15) is 35.4 Å². The van der Waals surface area contributed by atoms with Gasteiger partial charge in [-0.25, -0.2) is 4.79 Å². The highest BCUT2D eigenvalue weighted by molar-refractivity contribution is 6.31. The zero-order chi connectivity index (χ0) is 28.4. The summed E-state index contributed by atoms with van der Waals surface area (Å²) in [5.74, 6) is 0. The average molecular weight is 573 g/mol. The van der Waals surface area contributed by atoms with Crippen LogP contribution in [0.3, 0.4) is 0 Å². The van der Waals surface area contributed by atoms with Crippen molar-refractivity contribution in [3.8, 4) is 0 Å². The Morgan fingerprint density at radius 3 is 1.72 bits per heavy atom. The molecule has 2 unspecified atom stereocenters. The van der Waals surface area contributed by atoms with Gasteiger partial charge in [0, 0.05) is 5.02 Å². The molecule has 0 amide bonds. The van der Waals surface area contributed by atoms with Gasteiger partial charge in [-0.1, -0.05) is 23.8 Å². The molecule has 4 rings (SSSR count). The Morgan fingerprint density at radius 1 is 0.795 bits per heavy atom. The van der Waals surface area contributed by atoms with Gasteiger partial charge in [0.2, 0.25) is 0 Å². The number of aliphatic hydroxyl groups is 6. The molecule has 0 bridgehead atoms. The first kappa shape index (κ1) is 29.8. The lowest BCUT2D eigenvalue weighted by Gasteiger charge is -2.40. The highest BCUT2D eigenvalue weighted by atomic mass is 35.5. The second-order valence-corrected chi connectivity index (χ2v) is 9.84. The lowest BCUT2D eigenvalue weighted by atomic mass is 9.98. The normalized spacial score (nSPS) is 35.3. The molecule has 39 heavy (non-hydrogen) atoms. The molecule has 13 nitrogen and oxygen atoms in total. The number of rotatable bonds is 10. The van der Waals surface area contributed by atoms with Gasteiger partial charge in [0.15, 0.2) is 12.6 Å². The van der Waals surface area contributed by atoms with E-state index in [1.54, 1.807) is 12.1 Å². The van der Waals surface area contributed by atoms with Crippen LogP contribution in [0.25, 0.3) is 11.0 Å². The van der Waals surface area contributed by atoms with Crippen LogP contribution in [-0.2, 0) is 32.0 Å². The van der Waals surface area contributed by atoms with E-state index < -0.39 is 67.1 Å². The van der Waals surface area contributed by atoms with Crippen molar-refractivity contribution in [2.24, 2.45) is 0 Å². The first-order valence-electron chi connectivity index (χ1n) is 12.3. The summed E-state index contributed by atoms with van der Waals surface area (Å²) in [7, 11) is 0. The number of hydrogen-bond donors (Lipinski definition) is 6. The molecule has 0 saturated carbocycles. The number of fused-ring (bicyclic) bond motifs is 1. The number of hydrogen-bond acceptors (Lipinski definition) is 11. The van der Waals surface area contributed by atoms with Crippen molar-refractivity contribution < 1.29 is 49.6 Å². The van der Waals surface area contributed by atoms with Crippen molar-refractivity contribution in [2.75, 3.05) is 13.2 Å². The summed E-state index contributed by atoms with van der Waals surface area (Å²) in [6.07, 6.45) is -11.2. The minimum atomic E-state index is -1.69. The number of aliphatic hydroxyl groups excluding tert-OH is 6. The maximum absolute atomic E-state index is 13.7. The maximum atomic E-state index is 13.7. The zero-order valence-corrected chi connectivity index (χ0v) is 21.7. The summed E-state index contributed by atoms with van der Waals surface area (Å²) in [4.78, 5) is 13.7. The van der Waals surface area contributed by atoms with E-state index in [1.807, 2.05) is 0 Å². The molecule has 2 aliphatic rings. The third kappa shape index (κ3) is 5.99. The van der Waals surface area contributed by atoms with Crippen LogP contribution in [0.2, 0.25) is 5.02 Å². The third-order valence-corrected chi connectivity index (χ3v) is 7.08. The second kappa shape index (κ2) is 12.6.